The standard InChI is InChI=1S/C12H17FN/c1-2-3-4-5-6-7-11-8-9-14-10-12(11)13/h2,8-10H,3-7H2,1H3. The fraction of sp³-hybridized carbons (Fsp3) is 0.500. The van der Waals surface area contributed by atoms with E-state index in [-0.39, 0.29) is 5.82 Å². The molecule has 0 aliphatic carbocycles. The molecule has 0 spiro atoms. The van der Waals surface area contributed by atoms with Gasteiger partial charge < -0.3 is 0 Å². The second-order valence-corrected chi connectivity index (χ2v) is 3.47. The van der Waals surface area contributed by atoms with Crippen molar-refractivity contribution < 1.29 is 4.39 Å². The van der Waals surface area contributed by atoms with E-state index in [0.29, 0.717) is 0 Å². The van der Waals surface area contributed by atoms with Crippen LogP contribution in [-0.4, -0.2) is 4.98 Å². The zero-order chi connectivity index (χ0) is 10.2. The molecule has 1 rings (SSSR count). The van der Waals surface area contributed by atoms with E-state index in [9.17, 15) is 4.39 Å². The van der Waals surface area contributed by atoms with Gasteiger partial charge in [-0.2, -0.15) is 0 Å². The lowest BCUT2D eigenvalue weighted by Crippen LogP contribution is -1.91. The zero-order valence-corrected chi connectivity index (χ0v) is 8.67. The van der Waals surface area contributed by atoms with Crippen LogP contribution < -0.4 is 0 Å². The van der Waals surface area contributed by atoms with Crippen LogP contribution in [0, 0.1) is 12.2 Å². The van der Waals surface area contributed by atoms with E-state index in [1.165, 1.54) is 25.5 Å². The molecule has 0 unspecified atom stereocenters. The minimum absolute atomic E-state index is 0.172. The summed E-state index contributed by atoms with van der Waals surface area (Å²) in [7, 11) is 0. The molecule has 77 valence electrons. The van der Waals surface area contributed by atoms with Gasteiger partial charge in [-0.25, -0.2) is 4.39 Å². The van der Waals surface area contributed by atoms with Gasteiger partial charge in [-0.1, -0.05) is 26.2 Å². The lowest BCUT2D eigenvalue weighted by Gasteiger charge is -2.01. The van der Waals surface area contributed by atoms with Crippen molar-refractivity contribution in [3.63, 3.8) is 0 Å². The molecule has 0 aliphatic rings. The Morgan fingerprint density at radius 1 is 1.36 bits per heavy atom. The first-order valence-electron chi connectivity index (χ1n) is 5.21. The van der Waals surface area contributed by atoms with E-state index < -0.39 is 0 Å². The lowest BCUT2D eigenvalue weighted by molar-refractivity contribution is 0.589. The number of unbranched alkanes of at least 4 members (excludes halogenated alkanes) is 4. The largest absolute Gasteiger partial charge is 0.262 e. The van der Waals surface area contributed by atoms with Gasteiger partial charge in [0.1, 0.15) is 5.82 Å². The molecule has 14 heavy (non-hydrogen) atoms. The van der Waals surface area contributed by atoms with Crippen LogP contribution in [0.25, 0.3) is 0 Å². The van der Waals surface area contributed by atoms with Crippen LogP contribution in [0.1, 0.15) is 38.2 Å². The highest BCUT2D eigenvalue weighted by Gasteiger charge is 2.00. The maximum Gasteiger partial charge on any atom is 0.144 e. The van der Waals surface area contributed by atoms with Crippen molar-refractivity contribution in [3.8, 4) is 0 Å². The summed E-state index contributed by atoms with van der Waals surface area (Å²) >= 11 is 0. The van der Waals surface area contributed by atoms with Crippen molar-refractivity contribution >= 4 is 0 Å². The Hall–Kier alpha value is -0.920. The summed E-state index contributed by atoms with van der Waals surface area (Å²) in [6.07, 6.45) is 10.6. The first kappa shape index (κ1) is 11.2. The van der Waals surface area contributed by atoms with Gasteiger partial charge in [-0.3, -0.25) is 4.98 Å². The highest BCUT2D eigenvalue weighted by atomic mass is 19.1. The topological polar surface area (TPSA) is 12.9 Å². The third kappa shape index (κ3) is 3.86. The normalized spacial score (nSPS) is 10.4. The quantitative estimate of drug-likeness (QED) is 0.631. The minimum atomic E-state index is -0.172. The molecule has 0 saturated heterocycles. The smallest absolute Gasteiger partial charge is 0.144 e. The summed E-state index contributed by atoms with van der Waals surface area (Å²) in [5.74, 6) is -0.172. The van der Waals surface area contributed by atoms with Crippen LogP contribution in [0.15, 0.2) is 18.5 Å². The number of rotatable bonds is 6. The average Bonchev–Trinajstić information content (AvgIpc) is 2.20. The Balaban J connectivity index is 2.21. The summed E-state index contributed by atoms with van der Waals surface area (Å²) in [6, 6.07) is 1.77. The predicted molar refractivity (Wildman–Crippen MR) is 56.3 cm³/mol. The van der Waals surface area contributed by atoms with E-state index >= 15 is 0 Å². The molecule has 1 radical (unpaired) electrons. The lowest BCUT2D eigenvalue weighted by atomic mass is 10.1. The molecule has 1 heterocycles. The van der Waals surface area contributed by atoms with E-state index in [0.717, 1.165) is 18.4 Å². The number of hydrogen-bond donors (Lipinski definition) is 0. The molecule has 2 heteroatoms. The van der Waals surface area contributed by atoms with E-state index in [1.807, 2.05) is 0 Å². The van der Waals surface area contributed by atoms with Crippen LogP contribution >= 0.6 is 0 Å². The maximum atomic E-state index is 13.1. The number of aromatic nitrogens is 1. The molecule has 0 saturated carbocycles. The number of pyridine rings is 1. The van der Waals surface area contributed by atoms with E-state index in [2.05, 4.69) is 18.3 Å². The number of aryl methyl sites for hydroxylation is 1. The molecular formula is C12H17FN. The van der Waals surface area contributed by atoms with Crippen LogP contribution in [0.3, 0.4) is 0 Å². The van der Waals surface area contributed by atoms with Crippen molar-refractivity contribution in [2.24, 2.45) is 0 Å². The molecule has 1 nitrogen and oxygen atoms in total. The predicted octanol–water partition coefficient (Wildman–Crippen LogP) is 3.55. The summed E-state index contributed by atoms with van der Waals surface area (Å²) < 4.78 is 13.1. The van der Waals surface area contributed by atoms with Crippen LogP contribution in [0.5, 0.6) is 0 Å². The fourth-order valence-corrected chi connectivity index (χ4v) is 1.45. The van der Waals surface area contributed by atoms with Crippen molar-refractivity contribution in [2.45, 2.75) is 39.0 Å². The molecule has 0 aliphatic heterocycles. The molecule has 0 aromatic carbocycles. The number of hydrogen-bond acceptors (Lipinski definition) is 1. The van der Waals surface area contributed by atoms with Gasteiger partial charge in [-0.15, -0.1) is 0 Å². The second kappa shape index (κ2) is 6.52. The molecule has 0 bridgehead atoms. The van der Waals surface area contributed by atoms with Gasteiger partial charge in [0.2, 0.25) is 0 Å². The van der Waals surface area contributed by atoms with Gasteiger partial charge in [0.25, 0.3) is 0 Å². The summed E-state index contributed by atoms with van der Waals surface area (Å²) in [5.41, 5.74) is 0.792. The number of nitrogens with zero attached hydrogens (tertiary/aromatic N) is 1. The number of halogens is 1. The maximum absolute atomic E-state index is 13.1. The van der Waals surface area contributed by atoms with Crippen molar-refractivity contribution in [1.29, 1.82) is 0 Å². The molecule has 1 aromatic heterocycles. The molecule has 0 fully saturated rings. The summed E-state index contributed by atoms with van der Waals surface area (Å²) in [4.78, 5) is 3.72. The first-order valence-corrected chi connectivity index (χ1v) is 5.21. The van der Waals surface area contributed by atoms with E-state index in [4.69, 9.17) is 0 Å². The fourth-order valence-electron chi connectivity index (χ4n) is 1.45. The zero-order valence-electron chi connectivity index (χ0n) is 8.67. The highest BCUT2D eigenvalue weighted by Crippen LogP contribution is 2.10. The molecule has 1 aromatic rings. The van der Waals surface area contributed by atoms with Crippen LogP contribution in [-0.2, 0) is 6.42 Å². The third-order valence-corrected chi connectivity index (χ3v) is 2.30. The second-order valence-electron chi connectivity index (χ2n) is 3.47. The first-order chi connectivity index (χ1) is 6.84. The van der Waals surface area contributed by atoms with Gasteiger partial charge >= 0.3 is 0 Å². The van der Waals surface area contributed by atoms with Gasteiger partial charge in [0, 0.05) is 6.20 Å². The van der Waals surface area contributed by atoms with Gasteiger partial charge in [0.15, 0.2) is 0 Å². The summed E-state index contributed by atoms with van der Waals surface area (Å²) in [6.45, 7) is 2.07. The Bertz CT molecular complexity index is 260. The SMILES string of the molecule is C[CH]CCCCCc1ccncc1F. The van der Waals surface area contributed by atoms with Gasteiger partial charge in [-0.05, 0) is 30.9 Å². The molecule has 0 amide bonds. The Morgan fingerprint density at radius 2 is 2.21 bits per heavy atom. The summed E-state index contributed by atoms with van der Waals surface area (Å²) in [5, 5.41) is 0. The van der Waals surface area contributed by atoms with Crippen molar-refractivity contribution in [1.82, 2.24) is 4.98 Å². The molecule has 0 N–H and O–H groups in total. The monoisotopic (exact) mass is 194 g/mol. The van der Waals surface area contributed by atoms with Crippen LogP contribution in [0.4, 0.5) is 4.39 Å². The van der Waals surface area contributed by atoms with Crippen molar-refractivity contribution in [3.05, 3.63) is 36.3 Å². The van der Waals surface area contributed by atoms with Crippen molar-refractivity contribution in [2.75, 3.05) is 0 Å². The van der Waals surface area contributed by atoms with E-state index in [1.54, 1.807) is 12.3 Å². The third-order valence-electron chi connectivity index (χ3n) is 2.30. The van der Waals surface area contributed by atoms with Gasteiger partial charge in [0.05, 0.1) is 6.20 Å². The highest BCUT2D eigenvalue weighted by molar-refractivity contribution is 5.12. The Morgan fingerprint density at radius 3 is 2.93 bits per heavy atom. The molecule has 0 atom stereocenters. The Labute approximate surface area is 85.4 Å². The minimum Gasteiger partial charge on any atom is -0.262 e. The average molecular weight is 194 g/mol. The molecular weight excluding hydrogens is 177 g/mol. The Kier molecular flexibility index (Phi) is 5.20. The van der Waals surface area contributed by atoms with Crippen LogP contribution in [0.2, 0.25) is 0 Å².